The lowest BCUT2D eigenvalue weighted by atomic mass is 10.2. The number of hydrogen-bond acceptors (Lipinski definition) is 3. The van der Waals surface area contributed by atoms with Crippen molar-refractivity contribution < 1.29 is 9.31 Å². The molecule has 0 atom stereocenters. The highest BCUT2D eigenvalue weighted by atomic mass is 79.9. The van der Waals surface area contributed by atoms with Crippen LogP contribution in [-0.4, -0.2) is 4.92 Å². The third-order valence-electron chi connectivity index (χ3n) is 2.63. The number of nitro benzene ring substituents is 1. The van der Waals surface area contributed by atoms with Gasteiger partial charge in [0, 0.05) is 27.6 Å². The summed E-state index contributed by atoms with van der Waals surface area (Å²) >= 11 is 12.4. The van der Waals surface area contributed by atoms with Gasteiger partial charge in [-0.2, -0.15) is 0 Å². The van der Waals surface area contributed by atoms with Crippen LogP contribution >= 0.6 is 43.5 Å². The maximum absolute atomic E-state index is 13.1. The van der Waals surface area contributed by atoms with Gasteiger partial charge in [-0.1, -0.05) is 27.5 Å². The Hall–Kier alpha value is -1.18. The van der Waals surface area contributed by atoms with E-state index in [9.17, 15) is 14.5 Å². The van der Waals surface area contributed by atoms with Crippen molar-refractivity contribution in [3.63, 3.8) is 0 Å². The molecule has 0 aliphatic rings. The largest absolute Gasteiger partial charge is 0.379 e. The summed E-state index contributed by atoms with van der Waals surface area (Å²) in [6.07, 6.45) is 0. The second-order valence-corrected chi connectivity index (χ2v) is 6.35. The van der Waals surface area contributed by atoms with E-state index in [1.54, 1.807) is 6.07 Å². The first-order valence-corrected chi connectivity index (χ1v) is 7.65. The zero-order valence-electron chi connectivity index (χ0n) is 10.4. The van der Waals surface area contributed by atoms with Crippen molar-refractivity contribution in [2.24, 2.45) is 0 Å². The second kappa shape index (κ2) is 6.72. The molecule has 2 rings (SSSR count). The zero-order valence-corrected chi connectivity index (χ0v) is 14.3. The number of rotatable bonds is 4. The lowest BCUT2D eigenvalue weighted by Crippen LogP contribution is -2.02. The fraction of sp³-hybridized carbons (Fsp3) is 0.0769. The van der Waals surface area contributed by atoms with E-state index in [0.29, 0.717) is 26.7 Å². The van der Waals surface area contributed by atoms with Gasteiger partial charge in [0.25, 0.3) is 5.69 Å². The molecule has 21 heavy (non-hydrogen) atoms. The average molecular weight is 438 g/mol. The van der Waals surface area contributed by atoms with Crippen LogP contribution in [-0.2, 0) is 6.54 Å². The number of halogens is 4. The van der Waals surface area contributed by atoms with E-state index in [-0.39, 0.29) is 10.7 Å². The Balaban J connectivity index is 2.23. The Morgan fingerprint density at radius 3 is 2.57 bits per heavy atom. The van der Waals surface area contributed by atoms with Gasteiger partial charge in [-0.15, -0.1) is 0 Å². The van der Waals surface area contributed by atoms with Crippen LogP contribution in [0.1, 0.15) is 5.56 Å². The summed E-state index contributed by atoms with van der Waals surface area (Å²) in [4.78, 5) is 10.4. The monoisotopic (exact) mass is 436 g/mol. The van der Waals surface area contributed by atoms with E-state index < -0.39 is 10.7 Å². The molecule has 8 heteroatoms. The van der Waals surface area contributed by atoms with E-state index in [2.05, 4.69) is 37.2 Å². The molecule has 0 unspecified atom stereocenters. The summed E-state index contributed by atoms with van der Waals surface area (Å²) in [5.74, 6) is -0.449. The SMILES string of the molecule is O=[N+]([O-])c1cc(Br)cc(CNc2c(Cl)cc(F)cc2Br)c1. The minimum atomic E-state index is -0.463. The molecule has 0 bridgehead atoms. The van der Waals surface area contributed by atoms with E-state index in [4.69, 9.17) is 11.6 Å². The number of non-ortho nitro benzene ring substituents is 1. The molecule has 2 aromatic rings. The zero-order chi connectivity index (χ0) is 15.6. The normalized spacial score (nSPS) is 10.5. The third kappa shape index (κ3) is 4.15. The van der Waals surface area contributed by atoms with Gasteiger partial charge in [-0.3, -0.25) is 10.1 Å². The highest BCUT2D eigenvalue weighted by Crippen LogP contribution is 2.32. The van der Waals surface area contributed by atoms with E-state index in [0.717, 1.165) is 0 Å². The highest BCUT2D eigenvalue weighted by Gasteiger charge is 2.11. The summed E-state index contributed by atoms with van der Waals surface area (Å²) in [6.45, 7) is 0.310. The highest BCUT2D eigenvalue weighted by molar-refractivity contribution is 9.10. The van der Waals surface area contributed by atoms with Crippen molar-refractivity contribution in [3.8, 4) is 0 Å². The molecule has 0 fully saturated rings. The third-order valence-corrected chi connectivity index (χ3v) is 4.01. The van der Waals surface area contributed by atoms with Crippen LogP contribution in [0.25, 0.3) is 0 Å². The Labute approximate surface area is 141 Å². The standard InChI is InChI=1S/C13H8Br2ClFN2O2/c14-8-1-7(2-10(3-8)19(20)21)6-18-13-11(15)4-9(17)5-12(13)16/h1-5,18H,6H2. The fourth-order valence-corrected chi connectivity index (χ4v) is 3.23. The van der Waals surface area contributed by atoms with Gasteiger partial charge in [0.1, 0.15) is 5.82 Å². The average Bonchev–Trinajstić information content (AvgIpc) is 2.36. The maximum Gasteiger partial charge on any atom is 0.270 e. The molecule has 0 spiro atoms. The molecule has 110 valence electrons. The number of benzene rings is 2. The molecule has 0 aromatic heterocycles. The van der Waals surface area contributed by atoms with Crippen LogP contribution in [0.4, 0.5) is 15.8 Å². The molecule has 0 heterocycles. The maximum atomic E-state index is 13.1. The Morgan fingerprint density at radius 2 is 1.95 bits per heavy atom. The van der Waals surface area contributed by atoms with Crippen LogP contribution in [0.2, 0.25) is 5.02 Å². The first-order valence-electron chi connectivity index (χ1n) is 5.69. The van der Waals surface area contributed by atoms with E-state index >= 15 is 0 Å². The van der Waals surface area contributed by atoms with Gasteiger partial charge in [0.2, 0.25) is 0 Å². The van der Waals surface area contributed by atoms with Crippen molar-refractivity contribution in [3.05, 3.63) is 65.8 Å². The Kier molecular flexibility index (Phi) is 5.18. The predicted molar refractivity (Wildman–Crippen MR) is 87.2 cm³/mol. The van der Waals surface area contributed by atoms with Crippen molar-refractivity contribution in [2.75, 3.05) is 5.32 Å². The lowest BCUT2D eigenvalue weighted by molar-refractivity contribution is -0.385. The van der Waals surface area contributed by atoms with Crippen molar-refractivity contribution in [1.82, 2.24) is 0 Å². The smallest absolute Gasteiger partial charge is 0.270 e. The van der Waals surface area contributed by atoms with Crippen LogP contribution in [0, 0.1) is 15.9 Å². The van der Waals surface area contributed by atoms with Gasteiger partial charge in [-0.25, -0.2) is 4.39 Å². The van der Waals surface area contributed by atoms with Gasteiger partial charge in [0.15, 0.2) is 0 Å². The number of nitrogens with zero attached hydrogens (tertiary/aromatic N) is 1. The molecular formula is C13H8Br2ClFN2O2. The molecule has 0 aliphatic heterocycles. The molecule has 0 radical (unpaired) electrons. The minimum absolute atomic E-state index is 0.00885. The van der Waals surface area contributed by atoms with E-state index in [1.165, 1.54) is 24.3 Å². The van der Waals surface area contributed by atoms with Gasteiger partial charge >= 0.3 is 0 Å². The molecule has 2 aromatic carbocycles. The van der Waals surface area contributed by atoms with Gasteiger partial charge in [-0.05, 0) is 39.7 Å². The van der Waals surface area contributed by atoms with Crippen LogP contribution in [0.3, 0.4) is 0 Å². The number of nitro groups is 1. The number of anilines is 1. The van der Waals surface area contributed by atoms with Gasteiger partial charge < -0.3 is 5.32 Å². The molecule has 0 saturated carbocycles. The second-order valence-electron chi connectivity index (χ2n) is 4.17. The topological polar surface area (TPSA) is 55.2 Å². The molecule has 4 nitrogen and oxygen atoms in total. The van der Waals surface area contributed by atoms with Crippen molar-refractivity contribution >= 4 is 54.8 Å². The van der Waals surface area contributed by atoms with Crippen LogP contribution in [0.15, 0.2) is 39.3 Å². The molecule has 1 N–H and O–H groups in total. The molecular weight excluding hydrogens is 430 g/mol. The quantitative estimate of drug-likeness (QED) is 0.505. The van der Waals surface area contributed by atoms with Crippen molar-refractivity contribution in [1.29, 1.82) is 0 Å². The summed E-state index contributed by atoms with van der Waals surface area (Å²) < 4.78 is 14.2. The summed E-state index contributed by atoms with van der Waals surface area (Å²) in [5.41, 5.74) is 1.22. The summed E-state index contributed by atoms with van der Waals surface area (Å²) in [5, 5.41) is 14.1. The minimum Gasteiger partial charge on any atom is -0.379 e. The van der Waals surface area contributed by atoms with Crippen molar-refractivity contribution in [2.45, 2.75) is 6.54 Å². The first kappa shape index (κ1) is 16.2. The summed E-state index contributed by atoms with van der Waals surface area (Å²) in [7, 11) is 0. The predicted octanol–water partition coefficient (Wildman–Crippen LogP) is 5.52. The van der Waals surface area contributed by atoms with E-state index in [1.807, 2.05) is 0 Å². The summed E-state index contributed by atoms with van der Waals surface area (Å²) in [6, 6.07) is 7.12. The first-order chi connectivity index (χ1) is 9.86. The van der Waals surface area contributed by atoms with Crippen LogP contribution in [0.5, 0.6) is 0 Å². The fourth-order valence-electron chi connectivity index (χ4n) is 1.74. The molecule has 0 aliphatic carbocycles. The lowest BCUT2D eigenvalue weighted by Gasteiger charge is -2.11. The van der Waals surface area contributed by atoms with Gasteiger partial charge in [0.05, 0.1) is 15.6 Å². The Bertz CT molecular complexity index is 690. The molecule has 0 saturated heterocycles. The van der Waals surface area contributed by atoms with Crippen LogP contribution < -0.4 is 5.32 Å². The Morgan fingerprint density at radius 1 is 1.24 bits per heavy atom. The molecule has 0 amide bonds. The number of hydrogen-bond donors (Lipinski definition) is 1. The number of nitrogens with one attached hydrogen (secondary N) is 1.